The van der Waals surface area contributed by atoms with E-state index in [1.54, 1.807) is 35.9 Å². The number of carbonyl (C=O) groups excluding carboxylic acids is 1. The Morgan fingerprint density at radius 3 is 2.90 bits per heavy atom. The Kier molecular flexibility index (Phi) is 4.68. The van der Waals surface area contributed by atoms with Crippen LogP contribution in [0, 0.1) is 12.7 Å². The highest BCUT2D eigenvalue weighted by molar-refractivity contribution is 7.99. The Hall–Kier alpha value is -3.31. The quantitative estimate of drug-likeness (QED) is 0.410. The second-order valence-electron chi connectivity index (χ2n) is 6.42. The van der Waals surface area contributed by atoms with Crippen LogP contribution in [0.1, 0.15) is 5.76 Å². The summed E-state index contributed by atoms with van der Waals surface area (Å²) in [5.74, 6) is 0.585. The van der Waals surface area contributed by atoms with E-state index in [9.17, 15) is 9.18 Å². The number of hydrogen-bond donors (Lipinski definition) is 1. The molecular weight excluding hydrogens is 427 g/mol. The predicted octanol–water partition coefficient (Wildman–Crippen LogP) is 4.17. The molecule has 0 atom stereocenters. The van der Waals surface area contributed by atoms with Gasteiger partial charge in [-0.25, -0.2) is 9.37 Å². The van der Waals surface area contributed by atoms with Gasteiger partial charge < -0.3 is 9.84 Å². The molecule has 8 nitrogen and oxygen atoms in total. The van der Waals surface area contributed by atoms with Gasteiger partial charge in [-0.2, -0.15) is 0 Å². The first-order chi connectivity index (χ1) is 14.6. The molecule has 0 saturated carbocycles. The summed E-state index contributed by atoms with van der Waals surface area (Å²) in [6.07, 6.45) is 1.64. The lowest BCUT2D eigenvalue weighted by atomic mass is 10.1. The van der Waals surface area contributed by atoms with E-state index < -0.39 is 0 Å². The molecule has 5 aromatic rings. The standard InChI is InChI=1S/C19H13FN6O2S2/c1-10-6-14(25-28-10)22-15(27)8-30-19-24-23-17-16-13(11-2-4-12(20)5-3-11)7-29-18(16)21-9-26(17)19/h2-7,9H,8H2,1H3,(H,22,25,27). The van der Waals surface area contributed by atoms with Gasteiger partial charge >= 0.3 is 0 Å². The molecular formula is C19H13FN6O2S2. The van der Waals surface area contributed by atoms with Crippen LogP contribution in [0.4, 0.5) is 10.2 Å². The van der Waals surface area contributed by atoms with Crippen molar-refractivity contribution in [3.63, 3.8) is 0 Å². The fourth-order valence-corrected chi connectivity index (χ4v) is 4.61. The number of carbonyl (C=O) groups is 1. The Morgan fingerprint density at radius 1 is 1.30 bits per heavy atom. The zero-order valence-corrected chi connectivity index (χ0v) is 17.1. The van der Waals surface area contributed by atoms with Gasteiger partial charge in [0.25, 0.3) is 0 Å². The molecule has 0 saturated heterocycles. The molecule has 5 rings (SSSR count). The van der Waals surface area contributed by atoms with E-state index in [2.05, 4.69) is 25.7 Å². The zero-order valence-electron chi connectivity index (χ0n) is 15.5. The van der Waals surface area contributed by atoms with E-state index in [1.807, 2.05) is 5.38 Å². The lowest BCUT2D eigenvalue weighted by molar-refractivity contribution is -0.113. The third-order valence-corrected chi connectivity index (χ3v) is 6.16. The van der Waals surface area contributed by atoms with Crippen LogP contribution in [0.3, 0.4) is 0 Å². The van der Waals surface area contributed by atoms with E-state index in [0.717, 1.165) is 21.3 Å². The molecule has 0 fully saturated rings. The minimum atomic E-state index is -0.290. The van der Waals surface area contributed by atoms with E-state index in [-0.39, 0.29) is 17.5 Å². The van der Waals surface area contributed by atoms with Crippen LogP contribution in [0.5, 0.6) is 0 Å². The number of thioether (sulfide) groups is 1. The van der Waals surface area contributed by atoms with Crippen molar-refractivity contribution in [1.82, 2.24) is 24.7 Å². The van der Waals surface area contributed by atoms with Crippen LogP contribution < -0.4 is 5.32 Å². The molecule has 0 aliphatic heterocycles. The van der Waals surface area contributed by atoms with Gasteiger partial charge in [0.1, 0.15) is 22.7 Å². The zero-order chi connectivity index (χ0) is 20.7. The summed E-state index contributed by atoms with van der Waals surface area (Å²) in [6, 6.07) is 7.94. The SMILES string of the molecule is Cc1cc(NC(=O)CSc2nnc3c4c(-c5ccc(F)cc5)csc4ncn23)no1. The van der Waals surface area contributed by atoms with Crippen LogP contribution in [-0.4, -0.2) is 36.4 Å². The normalized spacial score (nSPS) is 11.4. The first-order valence-electron chi connectivity index (χ1n) is 8.81. The summed E-state index contributed by atoms with van der Waals surface area (Å²) in [7, 11) is 0. The molecule has 150 valence electrons. The maximum atomic E-state index is 13.3. The molecule has 1 N–H and O–H groups in total. The third-order valence-electron chi connectivity index (χ3n) is 4.33. The summed E-state index contributed by atoms with van der Waals surface area (Å²) >= 11 is 2.72. The molecule has 0 unspecified atom stereocenters. The molecule has 0 spiro atoms. The average Bonchev–Trinajstić information content (AvgIpc) is 3.45. The molecule has 0 bridgehead atoms. The number of nitrogens with zero attached hydrogens (tertiary/aromatic N) is 5. The minimum absolute atomic E-state index is 0.124. The highest BCUT2D eigenvalue weighted by Gasteiger charge is 2.17. The summed E-state index contributed by atoms with van der Waals surface area (Å²) in [4.78, 5) is 17.5. The number of benzene rings is 1. The predicted molar refractivity (Wildman–Crippen MR) is 112 cm³/mol. The number of aromatic nitrogens is 5. The van der Waals surface area contributed by atoms with Crippen molar-refractivity contribution < 1.29 is 13.7 Å². The number of anilines is 1. The minimum Gasteiger partial charge on any atom is -0.360 e. The van der Waals surface area contributed by atoms with Gasteiger partial charge in [0.15, 0.2) is 16.6 Å². The molecule has 11 heteroatoms. The highest BCUT2D eigenvalue weighted by Crippen LogP contribution is 2.35. The second kappa shape index (κ2) is 7.50. The van der Waals surface area contributed by atoms with Crippen molar-refractivity contribution in [2.45, 2.75) is 12.1 Å². The number of hydrogen-bond acceptors (Lipinski definition) is 8. The summed E-state index contributed by atoms with van der Waals surface area (Å²) in [5.41, 5.74) is 2.42. The van der Waals surface area contributed by atoms with E-state index in [0.29, 0.717) is 22.4 Å². The van der Waals surface area contributed by atoms with Crippen LogP contribution in [0.15, 0.2) is 51.7 Å². The van der Waals surface area contributed by atoms with Gasteiger partial charge in [-0.15, -0.1) is 21.5 Å². The summed E-state index contributed by atoms with van der Waals surface area (Å²) in [6.45, 7) is 1.75. The topological polar surface area (TPSA) is 98.2 Å². The monoisotopic (exact) mass is 440 g/mol. The molecule has 30 heavy (non-hydrogen) atoms. The largest absolute Gasteiger partial charge is 0.360 e. The fourth-order valence-electron chi connectivity index (χ4n) is 3.00. The lowest BCUT2D eigenvalue weighted by Gasteiger charge is -2.03. The van der Waals surface area contributed by atoms with Crippen LogP contribution >= 0.6 is 23.1 Å². The number of aryl methyl sites for hydroxylation is 1. The van der Waals surface area contributed by atoms with Crippen molar-refractivity contribution >= 4 is 50.7 Å². The first-order valence-corrected chi connectivity index (χ1v) is 10.7. The second-order valence-corrected chi connectivity index (χ2v) is 8.22. The molecule has 1 amide bonds. The van der Waals surface area contributed by atoms with E-state index in [1.165, 1.54) is 35.2 Å². The Morgan fingerprint density at radius 2 is 2.13 bits per heavy atom. The van der Waals surface area contributed by atoms with E-state index >= 15 is 0 Å². The molecule has 1 aromatic carbocycles. The third kappa shape index (κ3) is 3.42. The van der Waals surface area contributed by atoms with Gasteiger partial charge in [0, 0.05) is 17.0 Å². The van der Waals surface area contributed by atoms with Gasteiger partial charge in [-0.05, 0) is 24.6 Å². The Bertz CT molecular complexity index is 1380. The van der Waals surface area contributed by atoms with Gasteiger partial charge in [0.2, 0.25) is 5.91 Å². The molecule has 4 heterocycles. The summed E-state index contributed by atoms with van der Waals surface area (Å²) in [5, 5.41) is 18.3. The van der Waals surface area contributed by atoms with Crippen LogP contribution in [0.25, 0.3) is 27.0 Å². The highest BCUT2D eigenvalue weighted by atomic mass is 32.2. The van der Waals surface area contributed by atoms with Gasteiger partial charge in [-0.1, -0.05) is 29.1 Å². The number of halogens is 1. The Balaban J connectivity index is 1.43. The smallest absolute Gasteiger partial charge is 0.236 e. The molecule has 4 aromatic heterocycles. The van der Waals surface area contributed by atoms with Crippen LogP contribution in [0.2, 0.25) is 0 Å². The van der Waals surface area contributed by atoms with Crippen molar-refractivity contribution in [3.8, 4) is 11.1 Å². The lowest BCUT2D eigenvalue weighted by Crippen LogP contribution is -2.14. The maximum Gasteiger partial charge on any atom is 0.236 e. The summed E-state index contributed by atoms with van der Waals surface area (Å²) < 4.78 is 20.0. The van der Waals surface area contributed by atoms with Crippen molar-refractivity contribution in [3.05, 3.63) is 53.6 Å². The average molecular weight is 440 g/mol. The number of amides is 1. The van der Waals surface area contributed by atoms with Crippen molar-refractivity contribution in [2.75, 3.05) is 11.1 Å². The molecule has 0 radical (unpaired) electrons. The van der Waals surface area contributed by atoms with Gasteiger partial charge in [-0.3, -0.25) is 9.20 Å². The van der Waals surface area contributed by atoms with E-state index in [4.69, 9.17) is 4.52 Å². The number of fused-ring (bicyclic) bond motifs is 3. The van der Waals surface area contributed by atoms with Crippen molar-refractivity contribution in [1.29, 1.82) is 0 Å². The first kappa shape index (κ1) is 18.7. The van der Waals surface area contributed by atoms with Crippen molar-refractivity contribution in [2.24, 2.45) is 0 Å². The molecule has 0 aliphatic carbocycles. The Labute approximate surface area is 177 Å². The number of nitrogens with one attached hydrogen (secondary N) is 1. The van der Waals surface area contributed by atoms with Crippen LogP contribution in [-0.2, 0) is 4.79 Å². The molecule has 0 aliphatic rings. The fraction of sp³-hybridized carbons (Fsp3) is 0.105. The van der Waals surface area contributed by atoms with Gasteiger partial charge in [0.05, 0.1) is 11.1 Å². The number of thiophene rings is 1. The number of rotatable bonds is 5. The maximum absolute atomic E-state index is 13.3.